The maximum absolute atomic E-state index is 12.3. The molecule has 182 valence electrons. The lowest BCUT2D eigenvalue weighted by Crippen LogP contribution is -1.98. The number of allylic oxidation sites excluding steroid dienone is 1. The number of carbonyl (C=O) groups excluding carboxylic acids is 1. The molecule has 3 aromatic rings. The fourth-order valence-electron chi connectivity index (χ4n) is 3.37. The molecule has 0 fully saturated rings. The summed E-state index contributed by atoms with van der Waals surface area (Å²) in [6.07, 6.45) is 6.44. The molecule has 0 amide bonds. The van der Waals surface area contributed by atoms with Crippen molar-refractivity contribution in [2.45, 2.75) is 0 Å². The Bertz CT molecular complexity index is 1220. The van der Waals surface area contributed by atoms with E-state index in [4.69, 9.17) is 18.9 Å². The van der Waals surface area contributed by atoms with Gasteiger partial charge in [-0.1, -0.05) is 12.2 Å². The number of ketones is 1. The van der Waals surface area contributed by atoms with Crippen LogP contribution in [0.25, 0.3) is 12.2 Å². The number of aromatic hydroxyl groups is 2. The first-order valence-electron chi connectivity index (χ1n) is 10.6. The summed E-state index contributed by atoms with van der Waals surface area (Å²) in [6, 6.07) is 12.9. The van der Waals surface area contributed by atoms with Crippen LogP contribution >= 0.6 is 0 Å². The van der Waals surface area contributed by atoms with Gasteiger partial charge in [-0.2, -0.15) is 0 Å². The molecule has 0 unspecified atom stereocenters. The molecule has 8 heteroatoms. The molecule has 0 radical (unpaired) electrons. The molecule has 0 aliphatic carbocycles. The molecule has 0 aliphatic rings. The molecule has 0 atom stereocenters. The average Bonchev–Trinajstić information content (AvgIpc) is 2.86. The van der Waals surface area contributed by atoms with Crippen molar-refractivity contribution < 1.29 is 34.0 Å². The zero-order valence-electron chi connectivity index (χ0n) is 19.9. The van der Waals surface area contributed by atoms with Gasteiger partial charge in [-0.05, 0) is 59.7 Å². The quantitative estimate of drug-likeness (QED) is 0.210. The van der Waals surface area contributed by atoms with Crippen molar-refractivity contribution in [3.8, 4) is 34.5 Å². The summed E-state index contributed by atoms with van der Waals surface area (Å²) in [5, 5.41) is 22.8. The van der Waals surface area contributed by atoms with Crippen molar-refractivity contribution in [2.75, 3.05) is 33.8 Å². The van der Waals surface area contributed by atoms with Crippen LogP contribution in [0.3, 0.4) is 0 Å². The second kappa shape index (κ2) is 11.5. The van der Waals surface area contributed by atoms with E-state index in [0.29, 0.717) is 34.1 Å². The van der Waals surface area contributed by atoms with Gasteiger partial charge in [0, 0.05) is 17.8 Å². The molecule has 0 aromatic heterocycles. The van der Waals surface area contributed by atoms with Crippen LogP contribution in [0.15, 0.2) is 60.8 Å². The molecule has 0 heterocycles. The minimum atomic E-state index is -0.251. The highest BCUT2D eigenvalue weighted by atomic mass is 16.5. The number of phenolic OH excluding ortho intramolecular Hbond substituents is 2. The third kappa shape index (κ3) is 6.05. The van der Waals surface area contributed by atoms with Gasteiger partial charge in [0.25, 0.3) is 0 Å². The monoisotopic (exact) mass is 477 g/mol. The van der Waals surface area contributed by atoms with Crippen LogP contribution < -0.4 is 24.3 Å². The number of hydrogen-bond donors (Lipinski definition) is 3. The average molecular weight is 478 g/mol. The Balaban J connectivity index is 1.85. The first kappa shape index (κ1) is 25.0. The maximum Gasteiger partial charge on any atom is 0.203 e. The third-order valence-electron chi connectivity index (χ3n) is 5.08. The number of nitrogens with one attached hydrogen (secondary N) is 1. The summed E-state index contributed by atoms with van der Waals surface area (Å²) in [5.74, 6) is 1.54. The Morgan fingerprint density at radius 3 is 1.89 bits per heavy atom. The number of methoxy groups -OCH3 is 4. The Morgan fingerprint density at radius 1 is 0.771 bits per heavy atom. The van der Waals surface area contributed by atoms with Gasteiger partial charge in [-0.25, -0.2) is 0 Å². The van der Waals surface area contributed by atoms with Gasteiger partial charge in [0.1, 0.15) is 5.75 Å². The number of hydrogen-bond acceptors (Lipinski definition) is 8. The second-order valence-electron chi connectivity index (χ2n) is 7.30. The predicted octanol–water partition coefficient (Wildman–Crippen LogP) is 5.11. The van der Waals surface area contributed by atoms with Crippen LogP contribution in [0.1, 0.15) is 21.5 Å². The second-order valence-corrected chi connectivity index (χ2v) is 7.30. The first-order valence-corrected chi connectivity index (χ1v) is 10.6. The number of ether oxygens (including phenoxy) is 4. The van der Waals surface area contributed by atoms with Crippen LogP contribution in [-0.2, 0) is 0 Å². The van der Waals surface area contributed by atoms with Crippen molar-refractivity contribution in [3.63, 3.8) is 0 Å². The number of benzene rings is 3. The molecule has 0 saturated heterocycles. The topological polar surface area (TPSA) is 106 Å². The highest BCUT2D eigenvalue weighted by Gasteiger charge is 2.13. The zero-order chi connectivity index (χ0) is 25.4. The number of carbonyl (C=O) groups is 1. The van der Waals surface area contributed by atoms with Crippen LogP contribution in [0, 0.1) is 0 Å². The van der Waals surface area contributed by atoms with Crippen molar-refractivity contribution in [1.82, 2.24) is 0 Å². The minimum Gasteiger partial charge on any atom is -0.508 e. The van der Waals surface area contributed by atoms with E-state index < -0.39 is 0 Å². The van der Waals surface area contributed by atoms with Crippen molar-refractivity contribution in [2.24, 2.45) is 0 Å². The van der Waals surface area contributed by atoms with Gasteiger partial charge in [0.2, 0.25) is 5.75 Å². The fourth-order valence-corrected chi connectivity index (χ4v) is 3.37. The van der Waals surface area contributed by atoms with E-state index in [1.165, 1.54) is 50.8 Å². The highest BCUT2D eigenvalue weighted by Crippen LogP contribution is 2.39. The molecular formula is C27H27NO7. The van der Waals surface area contributed by atoms with Crippen LogP contribution in [0.5, 0.6) is 34.5 Å². The molecule has 3 N–H and O–H groups in total. The summed E-state index contributed by atoms with van der Waals surface area (Å²) >= 11 is 0. The predicted molar refractivity (Wildman–Crippen MR) is 135 cm³/mol. The SMILES string of the molecule is COc1cc(C=Cc2cc(O)c(OC)c(NC=CC(=O)c3ccc(O)cc3)c2)cc(OC)c1OC. The van der Waals surface area contributed by atoms with Gasteiger partial charge in [-0.3, -0.25) is 4.79 Å². The lowest BCUT2D eigenvalue weighted by Gasteiger charge is -2.13. The number of rotatable bonds is 10. The van der Waals surface area contributed by atoms with Crippen LogP contribution in [0.2, 0.25) is 0 Å². The molecule has 3 aromatic carbocycles. The molecular weight excluding hydrogens is 450 g/mol. The Kier molecular flexibility index (Phi) is 8.24. The molecule has 0 saturated carbocycles. The van der Waals surface area contributed by atoms with E-state index in [9.17, 15) is 15.0 Å². The first-order chi connectivity index (χ1) is 16.9. The van der Waals surface area contributed by atoms with Crippen molar-refractivity contribution in [1.29, 1.82) is 0 Å². The van der Waals surface area contributed by atoms with E-state index in [1.54, 1.807) is 44.6 Å². The summed E-state index contributed by atoms with van der Waals surface area (Å²) in [4.78, 5) is 12.3. The fraction of sp³-hybridized carbons (Fsp3) is 0.148. The van der Waals surface area contributed by atoms with E-state index in [1.807, 2.05) is 6.08 Å². The number of phenols is 2. The summed E-state index contributed by atoms with van der Waals surface area (Å²) < 4.78 is 21.4. The van der Waals surface area contributed by atoms with Crippen molar-refractivity contribution in [3.05, 3.63) is 77.5 Å². The van der Waals surface area contributed by atoms with Crippen LogP contribution in [0.4, 0.5) is 5.69 Å². The van der Waals surface area contributed by atoms with Gasteiger partial charge >= 0.3 is 0 Å². The maximum atomic E-state index is 12.3. The minimum absolute atomic E-state index is 0.0692. The van der Waals surface area contributed by atoms with E-state index in [0.717, 1.165) is 5.56 Å². The lowest BCUT2D eigenvalue weighted by molar-refractivity contribution is 0.104. The summed E-state index contributed by atoms with van der Waals surface area (Å²) in [7, 11) is 6.07. The van der Waals surface area contributed by atoms with Crippen molar-refractivity contribution >= 4 is 23.6 Å². The normalized spacial score (nSPS) is 11.0. The summed E-state index contributed by atoms with van der Waals surface area (Å²) in [5.41, 5.74) is 2.37. The van der Waals surface area contributed by atoms with E-state index in [-0.39, 0.29) is 23.0 Å². The van der Waals surface area contributed by atoms with Gasteiger partial charge in [0.15, 0.2) is 28.8 Å². The molecule has 0 bridgehead atoms. The Labute approximate surface area is 203 Å². The molecule has 35 heavy (non-hydrogen) atoms. The molecule has 3 rings (SSSR count). The highest BCUT2D eigenvalue weighted by molar-refractivity contribution is 6.04. The standard InChI is InChI=1S/C27H27NO7/c1-32-24-15-18(16-25(33-2)27(24)35-4)6-5-17-13-21(26(34-3)23(31)14-17)28-12-11-22(30)19-7-9-20(29)10-8-19/h5-16,28-29,31H,1-4H3. The smallest absolute Gasteiger partial charge is 0.203 e. The van der Waals surface area contributed by atoms with Gasteiger partial charge < -0.3 is 34.5 Å². The Hall–Kier alpha value is -4.59. The molecule has 8 nitrogen and oxygen atoms in total. The van der Waals surface area contributed by atoms with Gasteiger partial charge in [-0.15, -0.1) is 0 Å². The summed E-state index contributed by atoms with van der Waals surface area (Å²) in [6.45, 7) is 0. The largest absolute Gasteiger partial charge is 0.508 e. The number of anilines is 1. The third-order valence-corrected chi connectivity index (χ3v) is 5.08. The molecule has 0 aliphatic heterocycles. The van der Waals surface area contributed by atoms with Gasteiger partial charge in [0.05, 0.1) is 34.1 Å². The van der Waals surface area contributed by atoms with E-state index >= 15 is 0 Å². The lowest BCUT2D eigenvalue weighted by atomic mass is 10.1. The molecule has 0 spiro atoms. The van der Waals surface area contributed by atoms with E-state index in [2.05, 4.69) is 5.32 Å². The Morgan fingerprint density at radius 2 is 1.34 bits per heavy atom. The zero-order valence-corrected chi connectivity index (χ0v) is 19.9. The van der Waals surface area contributed by atoms with Crippen LogP contribution in [-0.4, -0.2) is 44.4 Å².